The van der Waals surface area contributed by atoms with E-state index in [1.807, 2.05) is 0 Å². The summed E-state index contributed by atoms with van der Waals surface area (Å²) >= 11 is 0. The number of aromatic amines is 1. The molecule has 0 spiro atoms. The number of aryl methyl sites for hydroxylation is 2. The van der Waals surface area contributed by atoms with Crippen LogP contribution in [0.5, 0.6) is 0 Å². The lowest BCUT2D eigenvalue weighted by atomic mass is 9.95. The van der Waals surface area contributed by atoms with Crippen molar-refractivity contribution in [2.24, 2.45) is 5.92 Å². The Labute approximate surface area is 233 Å². The van der Waals surface area contributed by atoms with Gasteiger partial charge in [-0.1, -0.05) is 43.5 Å². The van der Waals surface area contributed by atoms with Gasteiger partial charge in [0.2, 0.25) is 0 Å². The van der Waals surface area contributed by atoms with E-state index < -0.39 is 52.5 Å². The molecule has 222 valence electrons. The first kappa shape index (κ1) is 30.5. The normalized spacial score (nSPS) is 13.1. The number of aliphatic carboxylic acids is 1. The summed E-state index contributed by atoms with van der Waals surface area (Å²) in [6.45, 7) is 1.58. The summed E-state index contributed by atoms with van der Waals surface area (Å²) < 4.78 is 92.4. The maximum absolute atomic E-state index is 15.2. The van der Waals surface area contributed by atoms with E-state index in [0.717, 1.165) is 36.8 Å². The van der Waals surface area contributed by atoms with E-state index in [-0.39, 0.29) is 27.7 Å². The number of hydrogen-bond acceptors (Lipinski definition) is 3. The maximum atomic E-state index is 15.2. The van der Waals surface area contributed by atoms with Crippen LogP contribution in [0.1, 0.15) is 47.4 Å². The van der Waals surface area contributed by atoms with Gasteiger partial charge in [0, 0.05) is 0 Å². The number of aromatic nitrogens is 2. The summed E-state index contributed by atoms with van der Waals surface area (Å²) in [6, 6.07) is 8.50. The Morgan fingerprint density at radius 1 is 0.905 bits per heavy atom. The van der Waals surface area contributed by atoms with E-state index in [9.17, 15) is 23.1 Å². The average molecular weight is 596 g/mol. The number of halogens is 7. The van der Waals surface area contributed by atoms with Crippen LogP contribution >= 0.6 is 0 Å². The van der Waals surface area contributed by atoms with Crippen molar-refractivity contribution in [2.45, 2.75) is 45.2 Å². The third kappa shape index (κ3) is 6.55. The second-order valence-electron chi connectivity index (χ2n) is 9.89. The fourth-order valence-electron chi connectivity index (χ4n) is 4.53. The van der Waals surface area contributed by atoms with Crippen LogP contribution in [-0.2, 0) is 11.2 Å². The molecule has 1 heterocycles. The monoisotopic (exact) mass is 596 g/mol. The molecule has 1 saturated carbocycles. The molecule has 42 heavy (non-hydrogen) atoms. The molecule has 1 aliphatic rings. The van der Waals surface area contributed by atoms with Crippen LogP contribution in [0.25, 0.3) is 33.3 Å². The number of alkyl halides is 3. The highest BCUT2D eigenvalue weighted by Crippen LogP contribution is 2.38. The van der Waals surface area contributed by atoms with Gasteiger partial charge < -0.3 is 15.2 Å². The zero-order valence-corrected chi connectivity index (χ0v) is 21.9. The third-order valence-electron chi connectivity index (χ3n) is 6.75. The molecular formula is C29H23F7N2O4. The molecule has 0 unspecified atom stereocenters. The predicted molar refractivity (Wildman–Crippen MR) is 138 cm³/mol. The van der Waals surface area contributed by atoms with Gasteiger partial charge in [-0.25, -0.2) is 32.1 Å². The van der Waals surface area contributed by atoms with Crippen molar-refractivity contribution < 1.29 is 50.5 Å². The maximum Gasteiger partial charge on any atom is 0.490 e. The summed E-state index contributed by atoms with van der Waals surface area (Å²) in [6.07, 6.45) is 0.458. The van der Waals surface area contributed by atoms with Crippen LogP contribution in [0.4, 0.5) is 30.7 Å². The van der Waals surface area contributed by atoms with E-state index in [0.29, 0.717) is 5.82 Å². The first-order valence-corrected chi connectivity index (χ1v) is 12.7. The number of carbonyl (C=O) groups is 2. The Bertz CT molecular complexity index is 1630. The molecule has 3 aromatic carbocycles. The summed E-state index contributed by atoms with van der Waals surface area (Å²) in [5.41, 5.74) is -1.18. The minimum absolute atomic E-state index is 0.0150. The molecule has 0 radical (unpaired) electrons. The molecule has 3 N–H and O–H groups in total. The van der Waals surface area contributed by atoms with E-state index >= 15 is 17.6 Å². The number of rotatable bonds is 7. The van der Waals surface area contributed by atoms with E-state index in [2.05, 4.69) is 9.97 Å². The van der Waals surface area contributed by atoms with Crippen molar-refractivity contribution in [2.75, 3.05) is 0 Å². The zero-order valence-electron chi connectivity index (χ0n) is 21.9. The molecule has 5 rings (SSSR count). The highest BCUT2D eigenvalue weighted by atomic mass is 19.4. The first-order valence-electron chi connectivity index (χ1n) is 12.7. The van der Waals surface area contributed by atoms with Crippen LogP contribution in [0, 0.1) is 36.1 Å². The first-order chi connectivity index (χ1) is 19.7. The molecule has 1 aliphatic carbocycles. The Hall–Kier alpha value is -4.42. The van der Waals surface area contributed by atoms with Crippen molar-refractivity contribution in [3.05, 3.63) is 76.6 Å². The quantitative estimate of drug-likeness (QED) is 0.149. The number of imidazole rings is 1. The van der Waals surface area contributed by atoms with Gasteiger partial charge in [0.1, 0.15) is 11.3 Å². The molecule has 0 aliphatic heterocycles. The largest absolute Gasteiger partial charge is 0.490 e. The molecule has 13 heteroatoms. The van der Waals surface area contributed by atoms with E-state index in [1.54, 1.807) is 19.1 Å². The lowest BCUT2D eigenvalue weighted by Gasteiger charge is -2.14. The predicted octanol–water partition coefficient (Wildman–Crippen LogP) is 7.83. The van der Waals surface area contributed by atoms with Gasteiger partial charge in [-0.15, -0.1) is 0 Å². The van der Waals surface area contributed by atoms with Gasteiger partial charge >= 0.3 is 18.1 Å². The van der Waals surface area contributed by atoms with Gasteiger partial charge in [0.25, 0.3) is 0 Å². The molecule has 0 bridgehead atoms. The highest BCUT2D eigenvalue weighted by Gasteiger charge is 2.38. The highest BCUT2D eigenvalue weighted by molar-refractivity contribution is 6.03. The number of nitrogens with one attached hydrogen (secondary N) is 1. The lowest BCUT2D eigenvalue weighted by Crippen LogP contribution is -2.21. The molecule has 1 aromatic heterocycles. The van der Waals surface area contributed by atoms with E-state index in [4.69, 9.17) is 9.90 Å². The minimum Gasteiger partial charge on any atom is -0.478 e. The van der Waals surface area contributed by atoms with Crippen molar-refractivity contribution in [1.29, 1.82) is 0 Å². The van der Waals surface area contributed by atoms with Crippen molar-refractivity contribution in [3.63, 3.8) is 0 Å². The fraction of sp³-hybridized carbons (Fsp3) is 0.276. The summed E-state index contributed by atoms with van der Waals surface area (Å²) in [5.74, 6) is -9.24. The Kier molecular flexibility index (Phi) is 8.60. The Balaban J connectivity index is 0.000000517. The van der Waals surface area contributed by atoms with Crippen molar-refractivity contribution in [1.82, 2.24) is 9.97 Å². The van der Waals surface area contributed by atoms with Crippen LogP contribution in [0.3, 0.4) is 0 Å². The molecular weight excluding hydrogens is 573 g/mol. The molecule has 4 aromatic rings. The number of H-pyrrole nitrogens is 1. The molecule has 0 atom stereocenters. The SMILES string of the molecule is Cc1nc2c(C(=O)O)cc(-c3c(F)c(F)c(-c4ccc(CCCC5CC5)cc4)c(F)c3F)cc2[nH]1.O=C(O)C(F)(F)F. The van der Waals surface area contributed by atoms with Crippen LogP contribution in [0.2, 0.25) is 0 Å². The van der Waals surface area contributed by atoms with Crippen molar-refractivity contribution in [3.8, 4) is 22.3 Å². The van der Waals surface area contributed by atoms with Crippen LogP contribution in [0.15, 0.2) is 36.4 Å². The second kappa shape index (κ2) is 11.8. The van der Waals surface area contributed by atoms with Crippen molar-refractivity contribution >= 4 is 23.0 Å². The van der Waals surface area contributed by atoms with Gasteiger partial charge in [0.15, 0.2) is 23.3 Å². The number of nitrogens with zero attached hydrogens (tertiary/aromatic N) is 1. The summed E-state index contributed by atoms with van der Waals surface area (Å²) in [4.78, 5) is 27.4. The Morgan fingerprint density at radius 3 is 1.90 bits per heavy atom. The van der Waals surface area contributed by atoms with Gasteiger partial charge in [-0.3, -0.25) is 0 Å². The second-order valence-corrected chi connectivity index (χ2v) is 9.89. The number of aromatic carboxylic acids is 1. The third-order valence-corrected chi connectivity index (χ3v) is 6.75. The number of hydrogen-bond donors (Lipinski definition) is 3. The number of carboxylic acids is 2. The summed E-state index contributed by atoms with van der Waals surface area (Å²) in [5, 5.41) is 16.6. The van der Waals surface area contributed by atoms with Gasteiger partial charge in [0.05, 0.1) is 22.2 Å². The zero-order chi connectivity index (χ0) is 30.9. The van der Waals surface area contributed by atoms with Crippen LogP contribution in [-0.4, -0.2) is 38.3 Å². The van der Waals surface area contributed by atoms with E-state index in [1.165, 1.54) is 31.0 Å². The molecule has 1 fully saturated rings. The van der Waals surface area contributed by atoms with Gasteiger partial charge in [-0.2, -0.15) is 13.2 Å². The topological polar surface area (TPSA) is 103 Å². The standard InChI is InChI=1S/C27H22F4N2O2.C2HF3O2/c1-13-32-19-12-17(11-18(27(34)35)26(19)33-13)21-24(30)22(28)20(23(29)25(21)31)16-9-7-15(8-10-16)4-2-3-14-5-6-14;3-2(4,5)1(6)7/h7-12,14H,2-6H2,1H3,(H,32,33)(H,34,35);(H,6,7). The molecule has 6 nitrogen and oxygen atoms in total. The smallest absolute Gasteiger partial charge is 0.478 e. The minimum atomic E-state index is -5.08. The Morgan fingerprint density at radius 2 is 1.43 bits per heavy atom. The summed E-state index contributed by atoms with van der Waals surface area (Å²) in [7, 11) is 0. The van der Waals surface area contributed by atoms with Gasteiger partial charge in [-0.05, 0) is 54.5 Å². The fourth-order valence-corrected chi connectivity index (χ4v) is 4.53. The lowest BCUT2D eigenvalue weighted by molar-refractivity contribution is -0.192. The molecule has 0 amide bonds. The number of benzene rings is 3. The number of carboxylic acid groups (broad SMARTS) is 2. The average Bonchev–Trinajstić information content (AvgIpc) is 3.66. The van der Waals surface area contributed by atoms with Crippen LogP contribution < -0.4 is 0 Å². The number of fused-ring (bicyclic) bond motifs is 1. The molecule has 0 saturated heterocycles.